The molecule has 0 aliphatic heterocycles. The second-order valence-electron chi connectivity index (χ2n) is 0.705. The van der Waals surface area contributed by atoms with Crippen LogP contribution in [0.25, 0.3) is 0 Å². The maximum absolute atomic E-state index is 4.81. The van der Waals surface area contributed by atoms with E-state index in [4.69, 9.17) is 6.42 Å². The highest BCUT2D eigenvalue weighted by Crippen LogP contribution is 1.46. The van der Waals surface area contributed by atoms with Gasteiger partial charge in [-0.25, -0.2) is 0 Å². The number of hydrogen-bond donors (Lipinski definition) is 0. The molecule has 0 fully saturated rings. The van der Waals surface area contributed by atoms with E-state index in [-0.39, 0.29) is 0 Å². The Morgan fingerprint density at radius 2 is 2.33 bits per heavy atom. The van der Waals surface area contributed by atoms with Crippen molar-refractivity contribution in [1.29, 1.82) is 0 Å². The third-order valence-corrected chi connectivity index (χ3v) is 0.300. The van der Waals surface area contributed by atoms with Crippen LogP contribution in [-0.4, -0.2) is 7.28 Å². The summed E-state index contributed by atoms with van der Waals surface area (Å²) in [6, 6.07) is 0. The largest absolute Gasteiger partial charge is 0.313 e. The van der Waals surface area contributed by atoms with Gasteiger partial charge in [0.1, 0.15) is 0 Å². The maximum Gasteiger partial charge on any atom is 0.313 e. The molecule has 0 N–H and O–H groups in total. The Kier molecular flexibility index (Phi) is 3.62. The van der Waals surface area contributed by atoms with Crippen molar-refractivity contribution >= 4 is 7.28 Å². The predicted molar refractivity (Wildman–Crippen MR) is 28.0 cm³/mol. The predicted octanol–water partition coefficient (Wildman–Crippen LogP) is 0.262. The van der Waals surface area contributed by atoms with E-state index in [1.807, 2.05) is 0 Å². The second-order valence-corrected chi connectivity index (χ2v) is 0.705. The Labute approximate surface area is 39.2 Å². The van der Waals surface area contributed by atoms with Crippen molar-refractivity contribution in [3.05, 3.63) is 0 Å². The van der Waals surface area contributed by atoms with Gasteiger partial charge >= 0.3 is 7.28 Å². The molecule has 1 radical (unpaired) electrons. The fourth-order valence-corrected chi connectivity index (χ4v) is 0.114. The number of terminal acetylenes is 1. The molecule has 0 aromatic rings. The van der Waals surface area contributed by atoms with Crippen molar-refractivity contribution in [3.8, 4) is 24.0 Å². The van der Waals surface area contributed by atoms with E-state index < -0.39 is 0 Å². The Morgan fingerprint density at radius 3 is 2.50 bits per heavy atom. The van der Waals surface area contributed by atoms with Gasteiger partial charge < -0.3 is 0 Å². The Morgan fingerprint density at radius 1 is 1.67 bits per heavy atom. The zero-order valence-electron chi connectivity index (χ0n) is 3.65. The summed E-state index contributed by atoms with van der Waals surface area (Å²) in [4.78, 5) is 0. The van der Waals surface area contributed by atoms with Gasteiger partial charge in [0.15, 0.2) is 0 Å². The summed E-state index contributed by atoms with van der Waals surface area (Å²) >= 11 is 0. The van der Waals surface area contributed by atoms with Crippen LogP contribution in [0.5, 0.6) is 0 Å². The average Bonchev–Trinajstić information content (AvgIpc) is 1.61. The minimum Gasteiger partial charge on any atom is -0.147 e. The van der Waals surface area contributed by atoms with Crippen LogP contribution in [-0.2, 0) is 0 Å². The molecule has 0 aromatic heterocycles. The molecule has 0 spiro atoms. The Bertz CT molecular complexity index is 108. The molecular weight excluding hydrogens is 70.9 g/mol. The van der Waals surface area contributed by atoms with Gasteiger partial charge in [-0.2, -0.15) is 0 Å². The van der Waals surface area contributed by atoms with E-state index >= 15 is 0 Å². The molecular formula is C5H4B. The van der Waals surface area contributed by atoms with E-state index in [0.717, 1.165) is 0 Å². The highest BCUT2D eigenvalue weighted by atomic mass is 13.3. The standard InChI is InChI=1S/C5H4B/c1-3-5-6-4-2/h2H,1H3. The van der Waals surface area contributed by atoms with Crippen LogP contribution in [0.15, 0.2) is 0 Å². The minimum absolute atomic E-state index is 1.47. The molecule has 0 saturated heterocycles. The zero-order chi connectivity index (χ0) is 4.83. The normalized spacial score (nSPS) is 4.00. The fourth-order valence-electron chi connectivity index (χ4n) is 0.114. The highest BCUT2D eigenvalue weighted by molar-refractivity contribution is 6.55. The van der Waals surface area contributed by atoms with Crippen molar-refractivity contribution < 1.29 is 0 Å². The third kappa shape index (κ3) is 3.18. The van der Waals surface area contributed by atoms with Crippen molar-refractivity contribution in [1.82, 2.24) is 0 Å². The lowest BCUT2D eigenvalue weighted by Gasteiger charge is -1.55. The first kappa shape index (κ1) is 5.18. The van der Waals surface area contributed by atoms with Gasteiger partial charge in [0.05, 0.1) is 0 Å². The SMILES string of the molecule is C#C[B]C#CC. The minimum atomic E-state index is 1.47. The summed E-state index contributed by atoms with van der Waals surface area (Å²) in [7, 11) is 1.47. The van der Waals surface area contributed by atoms with Crippen molar-refractivity contribution in [2.24, 2.45) is 0 Å². The molecule has 1 heteroatoms. The van der Waals surface area contributed by atoms with Gasteiger partial charge in [0, 0.05) is 0 Å². The van der Waals surface area contributed by atoms with Crippen LogP contribution in [0, 0.1) is 24.0 Å². The summed E-state index contributed by atoms with van der Waals surface area (Å²) in [5.41, 5.74) is 0. The summed E-state index contributed by atoms with van der Waals surface area (Å²) in [6.07, 6.45) is 4.81. The molecule has 0 aromatic carbocycles. The Balaban J connectivity index is 3.07. The summed E-state index contributed by atoms with van der Waals surface area (Å²) in [6.45, 7) is 1.74. The van der Waals surface area contributed by atoms with Crippen molar-refractivity contribution in [2.45, 2.75) is 6.92 Å². The topological polar surface area (TPSA) is 0 Å². The maximum atomic E-state index is 4.81. The molecule has 0 rings (SSSR count). The van der Waals surface area contributed by atoms with E-state index in [0.29, 0.717) is 0 Å². The van der Waals surface area contributed by atoms with Gasteiger partial charge in [-0.3, -0.25) is 0 Å². The summed E-state index contributed by atoms with van der Waals surface area (Å²) in [5.74, 6) is 7.48. The van der Waals surface area contributed by atoms with Gasteiger partial charge in [0.2, 0.25) is 0 Å². The van der Waals surface area contributed by atoms with Crippen LogP contribution in [0.4, 0.5) is 0 Å². The Hall–Kier alpha value is -0.815. The molecule has 0 heterocycles. The van der Waals surface area contributed by atoms with Gasteiger partial charge in [-0.1, -0.05) is 0 Å². The molecule has 0 unspecified atom stereocenters. The molecule has 0 nitrogen and oxygen atoms in total. The molecule has 0 saturated carbocycles. The van der Waals surface area contributed by atoms with Gasteiger partial charge in [0.25, 0.3) is 0 Å². The number of rotatable bonds is 0. The van der Waals surface area contributed by atoms with Crippen molar-refractivity contribution in [3.63, 3.8) is 0 Å². The van der Waals surface area contributed by atoms with E-state index in [9.17, 15) is 0 Å². The fraction of sp³-hybridized carbons (Fsp3) is 0.200. The smallest absolute Gasteiger partial charge is 0.147 e. The van der Waals surface area contributed by atoms with Crippen LogP contribution in [0.2, 0.25) is 0 Å². The van der Waals surface area contributed by atoms with Crippen LogP contribution < -0.4 is 0 Å². The number of hydrogen-bond acceptors (Lipinski definition) is 0. The van der Waals surface area contributed by atoms with Gasteiger partial charge in [-0.05, 0) is 6.92 Å². The molecule has 0 bridgehead atoms. The molecule has 0 aliphatic rings. The molecule has 0 amide bonds. The molecule has 0 atom stereocenters. The molecule has 0 aliphatic carbocycles. The van der Waals surface area contributed by atoms with Crippen LogP contribution in [0.3, 0.4) is 0 Å². The zero-order valence-corrected chi connectivity index (χ0v) is 3.65. The van der Waals surface area contributed by atoms with Crippen LogP contribution >= 0.6 is 0 Å². The van der Waals surface area contributed by atoms with E-state index in [1.165, 1.54) is 7.28 Å². The first-order chi connectivity index (χ1) is 2.91. The molecule has 27 valence electrons. The second kappa shape index (κ2) is 4.18. The quantitative estimate of drug-likeness (QED) is 0.286. The lowest BCUT2D eigenvalue weighted by molar-refractivity contribution is 1.93. The van der Waals surface area contributed by atoms with E-state index in [2.05, 4.69) is 17.6 Å². The lowest BCUT2D eigenvalue weighted by Crippen LogP contribution is -1.72. The average molecular weight is 74.9 g/mol. The monoisotopic (exact) mass is 75.0 g/mol. The van der Waals surface area contributed by atoms with Gasteiger partial charge in [-0.15, -0.1) is 24.0 Å². The summed E-state index contributed by atoms with van der Waals surface area (Å²) < 4.78 is 0. The summed E-state index contributed by atoms with van der Waals surface area (Å²) in [5, 5.41) is 0. The van der Waals surface area contributed by atoms with Crippen molar-refractivity contribution in [2.75, 3.05) is 0 Å². The third-order valence-electron chi connectivity index (χ3n) is 0.300. The first-order valence-corrected chi connectivity index (χ1v) is 1.62. The lowest BCUT2D eigenvalue weighted by atomic mass is 9.82. The van der Waals surface area contributed by atoms with Crippen LogP contribution in [0.1, 0.15) is 6.92 Å². The van der Waals surface area contributed by atoms with E-state index in [1.54, 1.807) is 6.92 Å². The molecule has 6 heavy (non-hydrogen) atoms. The highest BCUT2D eigenvalue weighted by Gasteiger charge is 1.63. The first-order valence-electron chi connectivity index (χ1n) is 1.62.